The van der Waals surface area contributed by atoms with Crippen LogP contribution in [0.4, 0.5) is 0 Å². The summed E-state index contributed by atoms with van der Waals surface area (Å²) in [6, 6.07) is 0. The molecule has 0 aliphatic carbocycles. The lowest BCUT2D eigenvalue weighted by Gasteiger charge is -2.02. The van der Waals surface area contributed by atoms with E-state index in [-0.39, 0.29) is 0 Å². The Hall–Kier alpha value is -0.350. The molecule has 0 aromatic rings. The summed E-state index contributed by atoms with van der Waals surface area (Å²) >= 11 is 4.74. The van der Waals surface area contributed by atoms with E-state index >= 15 is 0 Å². The molecule has 0 saturated carbocycles. The van der Waals surface area contributed by atoms with Gasteiger partial charge in [-0.05, 0) is 12.2 Å². The van der Waals surface area contributed by atoms with E-state index in [4.69, 9.17) is 18.0 Å². The minimum Gasteiger partial charge on any atom is -0.366 e. The predicted molar refractivity (Wildman–Crippen MR) is 38.7 cm³/mol. The number of thiocarbonyl (C=S) groups is 1. The summed E-state index contributed by atoms with van der Waals surface area (Å²) in [5.74, 6) is 0. The number of hydrogen-bond acceptors (Lipinski definition) is 2. The minimum absolute atomic E-state index is 0.613. The molecule has 48 valence electrons. The topological polar surface area (TPSA) is 50.1 Å². The van der Waals surface area contributed by atoms with Crippen LogP contribution in [0.5, 0.6) is 0 Å². The SMILES string of the molecule is CNC(=S)NCCN. The van der Waals surface area contributed by atoms with Crippen molar-refractivity contribution in [3.8, 4) is 0 Å². The lowest BCUT2D eigenvalue weighted by atomic mass is 10.6. The van der Waals surface area contributed by atoms with Gasteiger partial charge in [0.25, 0.3) is 0 Å². The van der Waals surface area contributed by atoms with Gasteiger partial charge in [0.15, 0.2) is 5.11 Å². The lowest BCUT2D eigenvalue weighted by molar-refractivity contribution is 0.860. The molecule has 0 aromatic carbocycles. The second-order valence-corrected chi connectivity index (χ2v) is 1.70. The van der Waals surface area contributed by atoms with Crippen LogP contribution in [-0.2, 0) is 0 Å². The largest absolute Gasteiger partial charge is 0.366 e. The van der Waals surface area contributed by atoms with Crippen LogP contribution >= 0.6 is 12.2 Å². The summed E-state index contributed by atoms with van der Waals surface area (Å²) in [5.41, 5.74) is 5.18. The van der Waals surface area contributed by atoms with Crippen LogP contribution in [0, 0.1) is 0 Å². The zero-order valence-corrected chi connectivity index (χ0v) is 5.72. The number of hydrogen-bond donors (Lipinski definition) is 3. The fourth-order valence-corrected chi connectivity index (χ4v) is 0.376. The van der Waals surface area contributed by atoms with E-state index in [0.717, 1.165) is 6.54 Å². The molecule has 0 fully saturated rings. The number of nitrogens with one attached hydrogen (secondary N) is 2. The summed E-state index contributed by atoms with van der Waals surface area (Å²) in [4.78, 5) is 0. The zero-order chi connectivity index (χ0) is 6.41. The highest BCUT2D eigenvalue weighted by molar-refractivity contribution is 7.80. The van der Waals surface area contributed by atoms with E-state index in [0.29, 0.717) is 11.7 Å². The van der Waals surface area contributed by atoms with Crippen molar-refractivity contribution in [1.29, 1.82) is 0 Å². The molecular formula is C4H11N3S. The molecule has 0 unspecified atom stereocenters. The second-order valence-electron chi connectivity index (χ2n) is 1.29. The van der Waals surface area contributed by atoms with Gasteiger partial charge in [-0.15, -0.1) is 0 Å². The van der Waals surface area contributed by atoms with Crippen LogP contribution in [0.15, 0.2) is 0 Å². The first kappa shape index (κ1) is 7.65. The first-order valence-corrected chi connectivity index (χ1v) is 2.87. The highest BCUT2D eigenvalue weighted by Crippen LogP contribution is 1.58. The summed E-state index contributed by atoms with van der Waals surface area (Å²) < 4.78 is 0. The van der Waals surface area contributed by atoms with Gasteiger partial charge in [0.2, 0.25) is 0 Å². The minimum atomic E-state index is 0.613. The summed E-state index contributed by atoms with van der Waals surface area (Å²) in [5, 5.41) is 6.29. The Bertz CT molecular complexity index is 73.7. The molecule has 0 saturated heterocycles. The van der Waals surface area contributed by atoms with Gasteiger partial charge in [-0.1, -0.05) is 0 Å². The molecular weight excluding hydrogens is 122 g/mol. The third-order valence-electron chi connectivity index (χ3n) is 0.657. The van der Waals surface area contributed by atoms with E-state index in [2.05, 4.69) is 10.6 Å². The quantitative estimate of drug-likeness (QED) is 0.425. The van der Waals surface area contributed by atoms with Crippen molar-refractivity contribution in [3.63, 3.8) is 0 Å². The monoisotopic (exact) mass is 133 g/mol. The average Bonchev–Trinajstić information content (AvgIpc) is 1.83. The summed E-state index contributed by atoms with van der Waals surface area (Å²) in [7, 11) is 1.77. The van der Waals surface area contributed by atoms with E-state index in [1.54, 1.807) is 7.05 Å². The second kappa shape index (κ2) is 4.80. The van der Waals surface area contributed by atoms with Gasteiger partial charge in [0.1, 0.15) is 0 Å². The van der Waals surface area contributed by atoms with Crippen LogP contribution in [0.25, 0.3) is 0 Å². The predicted octanol–water partition coefficient (Wildman–Crippen LogP) is -0.961. The van der Waals surface area contributed by atoms with Gasteiger partial charge in [-0.3, -0.25) is 0 Å². The van der Waals surface area contributed by atoms with Crippen molar-refractivity contribution in [2.24, 2.45) is 5.73 Å². The maximum atomic E-state index is 5.18. The van der Waals surface area contributed by atoms with E-state index in [9.17, 15) is 0 Å². The van der Waals surface area contributed by atoms with Crippen molar-refractivity contribution in [2.45, 2.75) is 0 Å². The standard InChI is InChI=1S/C4H11N3S/c1-6-4(8)7-3-2-5/h2-3,5H2,1H3,(H2,6,7,8). The molecule has 0 amide bonds. The Balaban J connectivity index is 2.99. The van der Waals surface area contributed by atoms with Crippen molar-refractivity contribution in [1.82, 2.24) is 10.6 Å². The van der Waals surface area contributed by atoms with Crippen LogP contribution < -0.4 is 16.4 Å². The van der Waals surface area contributed by atoms with E-state index in [1.807, 2.05) is 0 Å². The van der Waals surface area contributed by atoms with Gasteiger partial charge in [-0.25, -0.2) is 0 Å². The molecule has 0 aliphatic heterocycles. The molecule has 0 bridgehead atoms. The Morgan fingerprint density at radius 1 is 1.75 bits per heavy atom. The summed E-state index contributed by atoms with van der Waals surface area (Å²) in [6.07, 6.45) is 0. The van der Waals surface area contributed by atoms with E-state index in [1.165, 1.54) is 0 Å². The van der Waals surface area contributed by atoms with Crippen LogP contribution in [0.2, 0.25) is 0 Å². The highest BCUT2D eigenvalue weighted by Gasteiger charge is 1.84. The maximum Gasteiger partial charge on any atom is 0.166 e. The van der Waals surface area contributed by atoms with Crippen LogP contribution in [0.3, 0.4) is 0 Å². The molecule has 0 aliphatic rings. The van der Waals surface area contributed by atoms with Crippen molar-refractivity contribution < 1.29 is 0 Å². The first-order chi connectivity index (χ1) is 3.81. The maximum absolute atomic E-state index is 5.18. The van der Waals surface area contributed by atoms with Crippen molar-refractivity contribution in [3.05, 3.63) is 0 Å². The van der Waals surface area contributed by atoms with Crippen molar-refractivity contribution in [2.75, 3.05) is 20.1 Å². The smallest absolute Gasteiger partial charge is 0.166 e. The lowest BCUT2D eigenvalue weighted by Crippen LogP contribution is -2.35. The summed E-state index contributed by atoms with van der Waals surface area (Å²) in [6.45, 7) is 1.35. The molecule has 4 heteroatoms. The molecule has 0 rings (SSSR count). The Morgan fingerprint density at radius 2 is 2.38 bits per heavy atom. The van der Waals surface area contributed by atoms with Crippen molar-refractivity contribution >= 4 is 17.3 Å². The van der Waals surface area contributed by atoms with Crippen LogP contribution in [0.1, 0.15) is 0 Å². The van der Waals surface area contributed by atoms with Gasteiger partial charge in [0.05, 0.1) is 0 Å². The van der Waals surface area contributed by atoms with E-state index < -0.39 is 0 Å². The Labute approximate surface area is 54.6 Å². The molecule has 0 spiro atoms. The number of rotatable bonds is 2. The highest BCUT2D eigenvalue weighted by atomic mass is 32.1. The molecule has 0 heterocycles. The molecule has 0 radical (unpaired) electrons. The Morgan fingerprint density at radius 3 is 2.75 bits per heavy atom. The third kappa shape index (κ3) is 3.83. The van der Waals surface area contributed by atoms with Gasteiger partial charge < -0.3 is 16.4 Å². The number of nitrogens with two attached hydrogens (primary N) is 1. The zero-order valence-electron chi connectivity index (χ0n) is 4.90. The normalized spacial score (nSPS) is 8.25. The van der Waals surface area contributed by atoms with Gasteiger partial charge >= 0.3 is 0 Å². The third-order valence-corrected chi connectivity index (χ3v) is 1.01. The molecule has 4 N–H and O–H groups in total. The average molecular weight is 133 g/mol. The molecule has 8 heavy (non-hydrogen) atoms. The van der Waals surface area contributed by atoms with Crippen LogP contribution in [-0.4, -0.2) is 25.2 Å². The fraction of sp³-hybridized carbons (Fsp3) is 0.750. The van der Waals surface area contributed by atoms with Gasteiger partial charge in [0, 0.05) is 20.1 Å². The molecule has 3 nitrogen and oxygen atoms in total. The molecule has 0 aromatic heterocycles. The fourth-order valence-electron chi connectivity index (χ4n) is 0.274. The Kier molecular flexibility index (Phi) is 4.59. The first-order valence-electron chi connectivity index (χ1n) is 2.47. The van der Waals surface area contributed by atoms with Gasteiger partial charge in [-0.2, -0.15) is 0 Å². The molecule has 0 atom stereocenters.